The number of aryl methyl sites for hydroxylation is 1. The van der Waals surface area contributed by atoms with E-state index in [9.17, 15) is 4.79 Å². The van der Waals surface area contributed by atoms with Crippen molar-refractivity contribution < 1.29 is 4.79 Å². The van der Waals surface area contributed by atoms with Gasteiger partial charge < -0.3 is 8.97 Å². The molecule has 4 aromatic rings. The molecule has 5 nitrogen and oxygen atoms in total. The molecule has 27 heavy (non-hydrogen) atoms. The molecule has 0 aliphatic carbocycles. The molecule has 4 heterocycles. The smallest absolute Gasteiger partial charge is 0.169 e. The summed E-state index contributed by atoms with van der Waals surface area (Å²) in [6.45, 7) is 6.28. The van der Waals surface area contributed by atoms with Gasteiger partial charge in [0.2, 0.25) is 0 Å². The molecule has 0 N–H and O–H groups in total. The van der Waals surface area contributed by atoms with Crippen LogP contribution in [0.15, 0.2) is 61.2 Å². The minimum atomic E-state index is 0.0814. The van der Waals surface area contributed by atoms with Gasteiger partial charge in [0, 0.05) is 42.8 Å². The van der Waals surface area contributed by atoms with Crippen LogP contribution in [0.1, 0.15) is 41.6 Å². The summed E-state index contributed by atoms with van der Waals surface area (Å²) in [5, 5.41) is 0. The summed E-state index contributed by atoms with van der Waals surface area (Å²) in [4.78, 5) is 21.8. The topological polar surface area (TPSA) is 52.2 Å². The average molecular weight is 358 g/mol. The lowest BCUT2D eigenvalue weighted by atomic mass is 10.0. The number of Topliss-reactive ketones (excluding diaryl/α,β-unsaturated/α-hetero) is 1. The van der Waals surface area contributed by atoms with Gasteiger partial charge in [0.15, 0.2) is 5.78 Å². The highest BCUT2D eigenvalue weighted by molar-refractivity contribution is 6.05. The largest absolute Gasteiger partial charge is 0.332 e. The number of hydrogen-bond acceptors (Lipinski definition) is 3. The van der Waals surface area contributed by atoms with Crippen LogP contribution in [0, 0.1) is 6.92 Å². The zero-order valence-electron chi connectivity index (χ0n) is 15.8. The van der Waals surface area contributed by atoms with Gasteiger partial charge in [0.1, 0.15) is 11.5 Å². The first-order valence-electron chi connectivity index (χ1n) is 9.12. The van der Waals surface area contributed by atoms with Gasteiger partial charge in [-0.25, -0.2) is 4.98 Å². The Bertz CT molecular complexity index is 1110. The Labute approximate surface area is 158 Å². The quantitative estimate of drug-likeness (QED) is 0.493. The van der Waals surface area contributed by atoms with E-state index in [0.29, 0.717) is 18.0 Å². The van der Waals surface area contributed by atoms with Gasteiger partial charge in [-0.3, -0.25) is 9.78 Å². The molecule has 0 fully saturated rings. The van der Waals surface area contributed by atoms with Crippen LogP contribution in [0.4, 0.5) is 0 Å². The number of imidazole rings is 1. The van der Waals surface area contributed by atoms with E-state index in [0.717, 1.165) is 28.3 Å². The number of pyridine rings is 2. The number of carbonyl (C=O) groups excluding carboxylic acids is 1. The van der Waals surface area contributed by atoms with Gasteiger partial charge in [-0.1, -0.05) is 12.1 Å². The van der Waals surface area contributed by atoms with Crippen molar-refractivity contribution >= 4 is 11.3 Å². The molecule has 0 spiro atoms. The molecule has 0 aliphatic rings. The van der Waals surface area contributed by atoms with Gasteiger partial charge in [-0.2, -0.15) is 0 Å². The van der Waals surface area contributed by atoms with E-state index in [2.05, 4.69) is 29.6 Å². The van der Waals surface area contributed by atoms with Crippen molar-refractivity contribution in [3.63, 3.8) is 0 Å². The summed E-state index contributed by atoms with van der Waals surface area (Å²) in [5.74, 6) is 1.05. The van der Waals surface area contributed by atoms with Gasteiger partial charge >= 0.3 is 0 Å². The Morgan fingerprint density at radius 1 is 1.19 bits per heavy atom. The van der Waals surface area contributed by atoms with Gasteiger partial charge in [0.25, 0.3) is 0 Å². The van der Waals surface area contributed by atoms with Crippen LogP contribution in [-0.2, 0) is 6.42 Å². The van der Waals surface area contributed by atoms with E-state index >= 15 is 0 Å². The highest BCUT2D eigenvalue weighted by Crippen LogP contribution is 2.27. The van der Waals surface area contributed by atoms with E-state index in [1.807, 2.05) is 53.9 Å². The van der Waals surface area contributed by atoms with Crippen LogP contribution >= 0.6 is 0 Å². The zero-order valence-corrected chi connectivity index (χ0v) is 15.8. The van der Waals surface area contributed by atoms with Crippen molar-refractivity contribution in [3.05, 3.63) is 78.1 Å². The lowest BCUT2D eigenvalue weighted by Crippen LogP contribution is -2.03. The maximum absolute atomic E-state index is 13.0. The monoisotopic (exact) mass is 358 g/mol. The maximum Gasteiger partial charge on any atom is 0.169 e. The number of ketones is 1. The lowest BCUT2D eigenvalue weighted by Gasteiger charge is -2.07. The molecule has 0 saturated carbocycles. The number of nitrogens with zero attached hydrogens (tertiary/aromatic N) is 4. The fourth-order valence-corrected chi connectivity index (χ4v) is 3.49. The molecule has 5 heteroatoms. The van der Waals surface area contributed by atoms with E-state index in [4.69, 9.17) is 4.98 Å². The molecule has 4 aromatic heterocycles. The number of fused-ring (bicyclic) bond motifs is 1. The van der Waals surface area contributed by atoms with Crippen molar-refractivity contribution in [2.75, 3.05) is 0 Å². The maximum atomic E-state index is 13.0. The molecule has 0 amide bonds. The summed E-state index contributed by atoms with van der Waals surface area (Å²) in [6, 6.07) is 12.0. The molecule has 0 unspecified atom stereocenters. The highest BCUT2D eigenvalue weighted by Gasteiger charge is 2.19. The van der Waals surface area contributed by atoms with Crippen LogP contribution in [0.5, 0.6) is 0 Å². The minimum absolute atomic E-state index is 0.0814. The van der Waals surface area contributed by atoms with E-state index in [1.54, 1.807) is 12.4 Å². The van der Waals surface area contributed by atoms with Crippen molar-refractivity contribution in [3.8, 4) is 11.4 Å². The Kier molecular flexibility index (Phi) is 4.36. The first kappa shape index (κ1) is 17.2. The molecule has 0 radical (unpaired) electrons. The van der Waals surface area contributed by atoms with Crippen molar-refractivity contribution in [1.29, 1.82) is 0 Å². The SMILES string of the molecule is Cc1nc(-c2cc(C(=O)Cc3cccnc3)c3ccccn23)cn1C(C)C. The zero-order chi connectivity index (χ0) is 19.0. The summed E-state index contributed by atoms with van der Waals surface area (Å²) >= 11 is 0. The Morgan fingerprint density at radius 2 is 2.04 bits per heavy atom. The average Bonchev–Trinajstić information content (AvgIpc) is 3.23. The predicted octanol–water partition coefficient (Wildman–Crippen LogP) is 4.51. The Hall–Kier alpha value is -3.21. The summed E-state index contributed by atoms with van der Waals surface area (Å²) < 4.78 is 4.19. The summed E-state index contributed by atoms with van der Waals surface area (Å²) in [7, 11) is 0. The fraction of sp³-hybridized carbons (Fsp3) is 0.227. The predicted molar refractivity (Wildman–Crippen MR) is 106 cm³/mol. The molecule has 0 aromatic carbocycles. The molecular formula is C22H22N4O. The van der Waals surface area contributed by atoms with Gasteiger partial charge in [-0.15, -0.1) is 0 Å². The van der Waals surface area contributed by atoms with Gasteiger partial charge in [0.05, 0.1) is 11.2 Å². The second-order valence-corrected chi connectivity index (χ2v) is 7.03. The van der Waals surface area contributed by atoms with E-state index in [1.165, 1.54) is 0 Å². The van der Waals surface area contributed by atoms with Crippen molar-refractivity contribution in [2.24, 2.45) is 0 Å². The number of hydrogen-bond donors (Lipinski definition) is 0. The second-order valence-electron chi connectivity index (χ2n) is 7.03. The first-order chi connectivity index (χ1) is 13.0. The summed E-state index contributed by atoms with van der Waals surface area (Å²) in [6.07, 6.45) is 7.83. The molecule has 0 aliphatic heterocycles. The standard InChI is InChI=1S/C22H22N4O/c1-15(2)26-14-19(24-16(26)3)21-12-18(20-8-4-5-10-25(20)21)22(27)11-17-7-6-9-23-13-17/h4-10,12-15H,11H2,1-3H3. The van der Waals surface area contributed by atoms with Crippen molar-refractivity contribution in [1.82, 2.24) is 18.9 Å². The summed E-state index contributed by atoms with van der Waals surface area (Å²) in [5.41, 5.74) is 4.34. The number of rotatable bonds is 5. The van der Waals surface area contributed by atoms with Crippen LogP contribution < -0.4 is 0 Å². The molecule has 0 bridgehead atoms. The Balaban J connectivity index is 1.80. The van der Waals surface area contributed by atoms with Crippen LogP contribution in [0.25, 0.3) is 16.9 Å². The number of aromatic nitrogens is 4. The first-order valence-corrected chi connectivity index (χ1v) is 9.12. The fourth-order valence-electron chi connectivity index (χ4n) is 3.49. The Morgan fingerprint density at radius 3 is 2.74 bits per heavy atom. The van der Waals surface area contributed by atoms with E-state index < -0.39 is 0 Å². The normalized spacial score (nSPS) is 11.4. The highest BCUT2D eigenvalue weighted by atomic mass is 16.1. The van der Waals surface area contributed by atoms with Crippen LogP contribution in [0.2, 0.25) is 0 Å². The van der Waals surface area contributed by atoms with Crippen molar-refractivity contribution in [2.45, 2.75) is 33.2 Å². The third kappa shape index (κ3) is 3.16. The molecular weight excluding hydrogens is 336 g/mol. The minimum Gasteiger partial charge on any atom is -0.332 e. The number of carbonyl (C=O) groups is 1. The molecule has 4 rings (SSSR count). The molecule has 0 atom stereocenters. The van der Waals surface area contributed by atoms with E-state index in [-0.39, 0.29) is 5.78 Å². The lowest BCUT2D eigenvalue weighted by molar-refractivity contribution is 0.0994. The third-order valence-corrected chi connectivity index (χ3v) is 4.80. The van der Waals surface area contributed by atoms with Gasteiger partial charge in [-0.05, 0) is 50.6 Å². The molecule has 0 saturated heterocycles. The second kappa shape index (κ2) is 6.83. The van der Waals surface area contributed by atoms with Crippen LogP contribution in [0.3, 0.4) is 0 Å². The molecule has 136 valence electrons. The van der Waals surface area contributed by atoms with Crippen LogP contribution in [-0.4, -0.2) is 24.7 Å². The third-order valence-electron chi connectivity index (χ3n) is 4.80.